The number of ether oxygens (including phenoxy) is 2. The lowest BCUT2D eigenvalue weighted by Crippen LogP contribution is -2.45. The van der Waals surface area contributed by atoms with Crippen molar-refractivity contribution >= 4 is 64.2 Å². The molecule has 3 amide bonds. The van der Waals surface area contributed by atoms with Crippen LogP contribution in [0, 0.1) is 5.92 Å². The average Bonchev–Trinajstić information content (AvgIpc) is 3.23. The molecule has 0 unspecified atom stereocenters. The summed E-state index contributed by atoms with van der Waals surface area (Å²) in [5.41, 5.74) is 8.25. The molecule has 0 spiro atoms. The number of rotatable bonds is 22. The van der Waals surface area contributed by atoms with Crippen LogP contribution in [-0.4, -0.2) is 106 Å². The van der Waals surface area contributed by atoms with Crippen molar-refractivity contribution in [1.29, 1.82) is 0 Å². The number of carbonyl (C=O) groups is 6. The molecule has 0 aliphatic carbocycles. The number of alkyl halides is 3. The molecule has 64 heavy (non-hydrogen) atoms. The minimum Gasteiger partial charge on any atom is -0.467 e. The van der Waals surface area contributed by atoms with E-state index in [1.54, 1.807) is 20.8 Å². The first-order valence-corrected chi connectivity index (χ1v) is 20.5. The number of anilines is 2. The molecule has 2 heterocycles. The third kappa shape index (κ3) is 16.2. The Bertz CT molecular complexity index is 2210. The van der Waals surface area contributed by atoms with Crippen LogP contribution in [0.25, 0.3) is 11.2 Å². The number of fused-ring (bicyclic) bond motifs is 1. The molecular formula is C41H56F3N11O9. The number of methoxy groups -OCH3 is 1. The van der Waals surface area contributed by atoms with Crippen molar-refractivity contribution in [2.75, 3.05) is 31.3 Å². The fourth-order valence-electron chi connectivity index (χ4n) is 6.23. The number of nitrogens with one attached hydrogen (secondary N) is 4. The van der Waals surface area contributed by atoms with Gasteiger partial charge >= 0.3 is 24.0 Å². The standard InChI is InChI=1S/C41H56F3N11O9/c1-7-8-9-12-28(35(60)63-6)51-33(58)24(11-10-19-48-38(45)47-5)20-27(56)17-18-29(36(61)64-40(2,3)4)52-32(57)23-13-15-26(16-14-23)55(37(62)41(42,43)44)22-25-21-49-31-30(50-25)34(59)54-39(46)53-31/h13-16,21,24,28-29H,7-12,17-20,22H2,1-6H3,(H,51,58)(H,52,57)(H3,45,47,48)(H3,46,49,53,54,59)/t24-,28+,29+/m1/s1. The fraction of sp³-hybridized carbons (Fsp3) is 0.537. The van der Waals surface area contributed by atoms with Crippen LogP contribution >= 0.6 is 0 Å². The van der Waals surface area contributed by atoms with Crippen molar-refractivity contribution in [3.8, 4) is 0 Å². The number of H-pyrrole nitrogens is 1. The van der Waals surface area contributed by atoms with E-state index >= 15 is 0 Å². The zero-order valence-electron chi connectivity index (χ0n) is 36.6. The highest BCUT2D eigenvalue weighted by Crippen LogP contribution is 2.26. The Morgan fingerprint density at radius 1 is 0.938 bits per heavy atom. The first-order valence-electron chi connectivity index (χ1n) is 20.5. The van der Waals surface area contributed by atoms with Gasteiger partial charge in [-0.1, -0.05) is 26.2 Å². The smallest absolute Gasteiger partial charge is 0.467 e. The topological polar surface area (TPSA) is 296 Å². The van der Waals surface area contributed by atoms with Crippen molar-refractivity contribution in [1.82, 2.24) is 35.9 Å². The number of guanidine groups is 1. The number of benzene rings is 1. The van der Waals surface area contributed by atoms with Crippen LogP contribution in [0.2, 0.25) is 0 Å². The number of aromatic amines is 1. The largest absolute Gasteiger partial charge is 0.471 e. The summed E-state index contributed by atoms with van der Waals surface area (Å²) in [7, 11) is 2.71. The fourth-order valence-corrected chi connectivity index (χ4v) is 6.23. The number of amides is 3. The molecule has 0 saturated carbocycles. The summed E-state index contributed by atoms with van der Waals surface area (Å²) < 4.78 is 51.8. The van der Waals surface area contributed by atoms with E-state index in [1.165, 1.54) is 14.2 Å². The van der Waals surface area contributed by atoms with Gasteiger partial charge in [0.15, 0.2) is 17.1 Å². The number of hydrogen-bond donors (Lipinski definition) is 6. The summed E-state index contributed by atoms with van der Waals surface area (Å²) in [5, 5.41) is 8.13. The molecular weight excluding hydrogens is 848 g/mol. The van der Waals surface area contributed by atoms with Gasteiger partial charge in [-0.3, -0.25) is 38.8 Å². The zero-order valence-corrected chi connectivity index (χ0v) is 36.6. The van der Waals surface area contributed by atoms with Gasteiger partial charge in [0, 0.05) is 43.6 Å². The number of nitrogens with zero attached hydrogens (tertiary/aromatic N) is 5. The van der Waals surface area contributed by atoms with Crippen LogP contribution in [0.5, 0.6) is 0 Å². The molecule has 3 aromatic rings. The van der Waals surface area contributed by atoms with Crippen molar-refractivity contribution in [3.05, 3.63) is 52.1 Å². The number of aromatic nitrogens is 4. The first-order chi connectivity index (χ1) is 30.1. The lowest BCUT2D eigenvalue weighted by Gasteiger charge is -2.25. The monoisotopic (exact) mass is 903 g/mol. The van der Waals surface area contributed by atoms with E-state index in [9.17, 15) is 46.7 Å². The summed E-state index contributed by atoms with van der Waals surface area (Å²) in [5.74, 6) is -6.62. The number of ketones is 1. The maximum absolute atomic E-state index is 13.8. The van der Waals surface area contributed by atoms with E-state index in [0.717, 1.165) is 43.3 Å². The second-order valence-corrected chi connectivity index (χ2v) is 15.7. The number of halogens is 3. The molecule has 0 bridgehead atoms. The maximum atomic E-state index is 13.8. The van der Waals surface area contributed by atoms with E-state index in [4.69, 9.17) is 20.9 Å². The van der Waals surface area contributed by atoms with Gasteiger partial charge in [-0.05, 0) is 70.7 Å². The number of hydrogen-bond acceptors (Lipinski definition) is 14. The van der Waals surface area contributed by atoms with Crippen molar-refractivity contribution < 1.29 is 51.4 Å². The number of unbranched alkanes of at least 4 members (excludes halogenated alkanes) is 2. The van der Waals surface area contributed by atoms with E-state index < -0.39 is 77.3 Å². The van der Waals surface area contributed by atoms with Crippen LogP contribution in [0.3, 0.4) is 0 Å². The number of aliphatic imine (C=N–C) groups is 1. The van der Waals surface area contributed by atoms with Gasteiger partial charge < -0.3 is 36.9 Å². The second-order valence-electron chi connectivity index (χ2n) is 15.7. The quantitative estimate of drug-likeness (QED) is 0.0366. The predicted molar refractivity (Wildman–Crippen MR) is 228 cm³/mol. The SMILES string of the molecule is CCCCC[C@H](NC(=O)[C@H](CCCNC(N)=NC)CC(=O)CC[C@H](NC(=O)c1ccc(N(Cc2cnc3nc(N)[nH]c(=O)c3n2)C(=O)C(F)(F)F)cc1)C(=O)OC(C)(C)C)C(=O)OC. The van der Waals surface area contributed by atoms with Crippen molar-refractivity contribution in [2.24, 2.45) is 16.6 Å². The molecule has 0 fully saturated rings. The highest BCUT2D eigenvalue weighted by atomic mass is 19.4. The molecule has 20 nitrogen and oxygen atoms in total. The van der Waals surface area contributed by atoms with Crippen molar-refractivity contribution in [3.63, 3.8) is 0 Å². The number of carbonyl (C=O) groups excluding carboxylic acids is 6. The Labute approximate surface area is 366 Å². The van der Waals surface area contributed by atoms with Gasteiger partial charge in [0.2, 0.25) is 11.9 Å². The summed E-state index contributed by atoms with van der Waals surface area (Å²) in [6.45, 7) is 6.31. The lowest BCUT2D eigenvalue weighted by atomic mass is 9.93. The summed E-state index contributed by atoms with van der Waals surface area (Å²) in [6.07, 6.45) is -1.86. The molecule has 350 valence electrons. The van der Waals surface area contributed by atoms with Gasteiger partial charge in [0.25, 0.3) is 11.5 Å². The predicted octanol–water partition coefficient (Wildman–Crippen LogP) is 2.74. The minimum atomic E-state index is -5.34. The number of Topliss-reactive ketones (excluding diaryl/α,β-unsaturated/α-hetero) is 1. The Balaban J connectivity index is 1.82. The van der Waals surface area contributed by atoms with Crippen LogP contribution < -0.4 is 37.9 Å². The molecule has 2 aromatic heterocycles. The molecule has 0 aliphatic rings. The van der Waals surface area contributed by atoms with E-state index in [0.29, 0.717) is 30.7 Å². The van der Waals surface area contributed by atoms with Crippen LogP contribution in [0.1, 0.15) is 102 Å². The highest BCUT2D eigenvalue weighted by molar-refractivity contribution is 6.00. The van der Waals surface area contributed by atoms with E-state index in [2.05, 4.69) is 40.9 Å². The lowest BCUT2D eigenvalue weighted by molar-refractivity contribution is -0.170. The van der Waals surface area contributed by atoms with Gasteiger partial charge in [0.05, 0.1) is 25.5 Å². The zero-order chi connectivity index (χ0) is 47.8. The third-order valence-electron chi connectivity index (χ3n) is 9.46. The number of nitrogen functional groups attached to an aromatic ring is 1. The highest BCUT2D eigenvalue weighted by Gasteiger charge is 2.43. The Hall–Kier alpha value is -6.68. The maximum Gasteiger partial charge on any atom is 0.471 e. The van der Waals surface area contributed by atoms with E-state index in [-0.39, 0.29) is 65.7 Å². The Morgan fingerprint density at radius 3 is 2.22 bits per heavy atom. The summed E-state index contributed by atoms with van der Waals surface area (Å²) >= 11 is 0. The summed E-state index contributed by atoms with van der Waals surface area (Å²) in [4.78, 5) is 110. The minimum absolute atomic E-state index is 0.137. The molecule has 0 radical (unpaired) electrons. The molecule has 0 saturated heterocycles. The Morgan fingerprint density at radius 2 is 1.61 bits per heavy atom. The van der Waals surface area contributed by atoms with Crippen molar-refractivity contribution in [2.45, 2.75) is 116 Å². The van der Waals surface area contributed by atoms with E-state index in [1.807, 2.05) is 6.92 Å². The normalized spacial score (nSPS) is 13.3. The number of esters is 2. The molecule has 3 rings (SSSR count). The average molecular weight is 904 g/mol. The van der Waals surface area contributed by atoms with Gasteiger partial charge in [-0.2, -0.15) is 18.2 Å². The van der Waals surface area contributed by atoms with Crippen LogP contribution in [-0.2, 0) is 40.0 Å². The third-order valence-corrected chi connectivity index (χ3v) is 9.46. The van der Waals surface area contributed by atoms with Gasteiger partial charge in [0.1, 0.15) is 23.5 Å². The molecule has 8 N–H and O–H groups in total. The second kappa shape index (κ2) is 23.7. The Kier molecular flexibility index (Phi) is 19.1. The summed E-state index contributed by atoms with van der Waals surface area (Å²) in [6, 6.07) is 2.03. The van der Waals surface area contributed by atoms with Gasteiger partial charge in [-0.25, -0.2) is 19.6 Å². The molecule has 23 heteroatoms. The van der Waals surface area contributed by atoms with Gasteiger partial charge in [-0.15, -0.1) is 0 Å². The molecule has 3 atom stereocenters. The molecule has 1 aromatic carbocycles. The van der Waals surface area contributed by atoms with Crippen LogP contribution in [0.15, 0.2) is 40.2 Å². The number of nitrogens with two attached hydrogens (primary N) is 2. The molecule has 0 aliphatic heterocycles. The van der Waals surface area contributed by atoms with Crippen LogP contribution in [0.4, 0.5) is 24.8 Å². The first kappa shape index (κ1) is 51.7.